The molecule has 0 aromatic heterocycles. The summed E-state index contributed by atoms with van der Waals surface area (Å²) in [7, 11) is 0. The molecule has 4 nitrogen and oxygen atoms in total. The maximum atomic E-state index is 11.9. The molecule has 0 radical (unpaired) electrons. The van der Waals surface area contributed by atoms with Gasteiger partial charge in [0.1, 0.15) is 0 Å². The van der Waals surface area contributed by atoms with Crippen molar-refractivity contribution in [1.29, 1.82) is 0 Å². The van der Waals surface area contributed by atoms with E-state index in [4.69, 9.17) is 0 Å². The smallest absolute Gasteiger partial charge is 0.339 e. The Morgan fingerprint density at radius 3 is 2.15 bits per heavy atom. The molecule has 0 fully saturated rings. The van der Waals surface area contributed by atoms with Crippen LogP contribution in [0.15, 0.2) is 24.3 Å². The summed E-state index contributed by atoms with van der Waals surface area (Å²) in [5.41, 5.74) is 1.54. The van der Waals surface area contributed by atoms with Gasteiger partial charge in [-0.15, -0.1) is 0 Å². The van der Waals surface area contributed by atoms with Gasteiger partial charge < -0.3 is 10.6 Å². The summed E-state index contributed by atoms with van der Waals surface area (Å²) < 4.78 is 35.7. The first-order valence-corrected chi connectivity index (χ1v) is 5.95. The first-order valence-electron chi connectivity index (χ1n) is 5.95. The van der Waals surface area contributed by atoms with E-state index in [1.165, 1.54) is 5.32 Å². The van der Waals surface area contributed by atoms with Crippen LogP contribution in [0.5, 0.6) is 0 Å². The molecule has 0 saturated heterocycles. The number of benzene rings is 1. The number of hydrogen-bond donors (Lipinski definition) is 2. The van der Waals surface area contributed by atoms with Crippen molar-refractivity contribution in [3.8, 4) is 0 Å². The van der Waals surface area contributed by atoms with Gasteiger partial charge in [0.05, 0.1) is 6.54 Å². The number of nitrogens with one attached hydrogen (secondary N) is 2. The zero-order chi connectivity index (χ0) is 15.3. The molecular weight excluding hydrogens is 273 g/mol. The predicted molar refractivity (Wildman–Crippen MR) is 68.2 cm³/mol. The summed E-state index contributed by atoms with van der Waals surface area (Å²) in [6, 6.07) is 6.93. The molecule has 0 unspecified atom stereocenters. The predicted octanol–water partition coefficient (Wildman–Crippen LogP) is 2.43. The standard InChI is InChI=1S/C13H15F3N2O2/c1-8(2)9-3-5-10(6-4-9)18-11(19)7-17-12(20)13(14,15)16/h3-6,8H,7H2,1-2H3,(H,17,20)(H,18,19). The number of carbonyl (C=O) groups excluding carboxylic acids is 2. The molecule has 0 aliphatic carbocycles. The topological polar surface area (TPSA) is 58.2 Å². The van der Waals surface area contributed by atoms with Crippen LogP contribution in [-0.2, 0) is 9.59 Å². The van der Waals surface area contributed by atoms with Crippen molar-refractivity contribution >= 4 is 17.5 Å². The summed E-state index contributed by atoms with van der Waals surface area (Å²) in [5.74, 6) is -2.52. The highest BCUT2D eigenvalue weighted by Gasteiger charge is 2.38. The van der Waals surface area contributed by atoms with Gasteiger partial charge in [0.25, 0.3) is 0 Å². The van der Waals surface area contributed by atoms with Gasteiger partial charge in [-0.1, -0.05) is 26.0 Å². The zero-order valence-corrected chi connectivity index (χ0v) is 11.0. The van der Waals surface area contributed by atoms with Gasteiger partial charge in [-0.05, 0) is 23.6 Å². The van der Waals surface area contributed by atoms with Crippen LogP contribution in [0.1, 0.15) is 25.3 Å². The van der Waals surface area contributed by atoms with Crippen molar-refractivity contribution in [2.45, 2.75) is 25.9 Å². The number of alkyl halides is 3. The van der Waals surface area contributed by atoms with Gasteiger partial charge in [0, 0.05) is 5.69 Å². The second-order valence-electron chi connectivity index (χ2n) is 4.51. The lowest BCUT2D eigenvalue weighted by atomic mass is 10.0. The van der Waals surface area contributed by atoms with Gasteiger partial charge in [-0.25, -0.2) is 0 Å². The fourth-order valence-corrected chi connectivity index (χ4v) is 1.42. The molecule has 0 atom stereocenters. The first kappa shape index (κ1) is 16.0. The molecule has 1 aromatic carbocycles. The monoisotopic (exact) mass is 288 g/mol. The van der Waals surface area contributed by atoms with E-state index in [-0.39, 0.29) is 0 Å². The maximum absolute atomic E-state index is 11.9. The average molecular weight is 288 g/mol. The molecule has 7 heteroatoms. The van der Waals surface area contributed by atoms with Crippen LogP contribution < -0.4 is 10.6 Å². The quantitative estimate of drug-likeness (QED) is 0.894. The van der Waals surface area contributed by atoms with E-state index in [0.29, 0.717) is 11.6 Å². The van der Waals surface area contributed by atoms with E-state index in [1.807, 2.05) is 26.0 Å². The minimum atomic E-state index is -4.99. The maximum Gasteiger partial charge on any atom is 0.471 e. The molecule has 0 heterocycles. The molecule has 0 aliphatic heterocycles. The lowest BCUT2D eigenvalue weighted by molar-refractivity contribution is -0.173. The number of rotatable bonds is 4. The first-order chi connectivity index (χ1) is 9.20. The lowest BCUT2D eigenvalue weighted by Crippen LogP contribution is -2.41. The fourth-order valence-electron chi connectivity index (χ4n) is 1.42. The van der Waals surface area contributed by atoms with Gasteiger partial charge in [-0.2, -0.15) is 13.2 Å². The van der Waals surface area contributed by atoms with E-state index in [1.54, 1.807) is 12.1 Å². The van der Waals surface area contributed by atoms with Gasteiger partial charge in [-0.3, -0.25) is 9.59 Å². The van der Waals surface area contributed by atoms with Gasteiger partial charge in [0.2, 0.25) is 5.91 Å². The molecule has 0 spiro atoms. The van der Waals surface area contributed by atoms with E-state index < -0.39 is 24.5 Å². The van der Waals surface area contributed by atoms with Crippen LogP contribution in [0, 0.1) is 0 Å². The Bertz CT molecular complexity index is 481. The molecule has 110 valence electrons. The molecule has 0 aliphatic rings. The van der Waals surface area contributed by atoms with Crippen molar-refractivity contribution in [2.75, 3.05) is 11.9 Å². The summed E-state index contributed by atoms with van der Waals surface area (Å²) in [6.07, 6.45) is -4.99. The fraction of sp³-hybridized carbons (Fsp3) is 0.385. The number of carbonyl (C=O) groups is 2. The van der Waals surface area contributed by atoms with E-state index in [0.717, 1.165) is 5.56 Å². The van der Waals surface area contributed by atoms with E-state index in [9.17, 15) is 22.8 Å². The molecule has 0 saturated carbocycles. The van der Waals surface area contributed by atoms with Crippen LogP contribution in [0.2, 0.25) is 0 Å². The van der Waals surface area contributed by atoms with Crippen LogP contribution in [0.25, 0.3) is 0 Å². The number of anilines is 1. The van der Waals surface area contributed by atoms with Crippen LogP contribution >= 0.6 is 0 Å². The summed E-state index contributed by atoms with van der Waals surface area (Å²) in [4.78, 5) is 21.9. The van der Waals surface area contributed by atoms with Crippen molar-refractivity contribution in [2.24, 2.45) is 0 Å². The van der Waals surface area contributed by atoms with Crippen LogP contribution in [0.4, 0.5) is 18.9 Å². The number of halogens is 3. The number of hydrogen-bond acceptors (Lipinski definition) is 2. The average Bonchev–Trinajstić information content (AvgIpc) is 2.35. The van der Waals surface area contributed by atoms with Gasteiger partial charge in [0.15, 0.2) is 0 Å². The Morgan fingerprint density at radius 2 is 1.70 bits per heavy atom. The van der Waals surface area contributed by atoms with Crippen LogP contribution in [-0.4, -0.2) is 24.5 Å². The summed E-state index contributed by atoms with van der Waals surface area (Å²) in [6.45, 7) is 3.30. The third-order valence-corrected chi connectivity index (χ3v) is 2.53. The summed E-state index contributed by atoms with van der Waals surface area (Å²) >= 11 is 0. The van der Waals surface area contributed by atoms with E-state index in [2.05, 4.69) is 5.32 Å². The highest BCUT2D eigenvalue weighted by Crippen LogP contribution is 2.17. The molecule has 1 rings (SSSR count). The summed E-state index contributed by atoms with van der Waals surface area (Å²) in [5, 5.41) is 3.89. The van der Waals surface area contributed by atoms with Crippen molar-refractivity contribution in [1.82, 2.24) is 5.32 Å². The van der Waals surface area contributed by atoms with E-state index >= 15 is 0 Å². The van der Waals surface area contributed by atoms with Crippen molar-refractivity contribution in [3.63, 3.8) is 0 Å². The highest BCUT2D eigenvalue weighted by atomic mass is 19.4. The van der Waals surface area contributed by atoms with Crippen molar-refractivity contribution < 1.29 is 22.8 Å². The third-order valence-electron chi connectivity index (χ3n) is 2.53. The Hall–Kier alpha value is -2.05. The Kier molecular flexibility index (Phi) is 5.12. The molecule has 2 N–H and O–H groups in total. The highest BCUT2D eigenvalue weighted by molar-refractivity contribution is 5.95. The Balaban J connectivity index is 2.49. The second kappa shape index (κ2) is 6.40. The molecule has 20 heavy (non-hydrogen) atoms. The zero-order valence-electron chi connectivity index (χ0n) is 11.0. The molecule has 1 aromatic rings. The van der Waals surface area contributed by atoms with Crippen LogP contribution in [0.3, 0.4) is 0 Å². The Labute approximate surface area is 114 Å². The minimum Gasteiger partial charge on any atom is -0.339 e. The minimum absolute atomic E-state index is 0.339. The SMILES string of the molecule is CC(C)c1ccc(NC(=O)CNC(=O)C(F)(F)F)cc1. The third kappa shape index (κ3) is 4.91. The largest absolute Gasteiger partial charge is 0.471 e. The molecule has 0 bridgehead atoms. The lowest BCUT2D eigenvalue weighted by Gasteiger charge is -2.10. The van der Waals surface area contributed by atoms with Crippen molar-refractivity contribution in [3.05, 3.63) is 29.8 Å². The Morgan fingerprint density at radius 1 is 1.15 bits per heavy atom. The normalized spacial score (nSPS) is 11.3. The number of amides is 2. The molecular formula is C13H15F3N2O2. The molecule has 2 amide bonds. The second-order valence-corrected chi connectivity index (χ2v) is 4.51. The van der Waals surface area contributed by atoms with Gasteiger partial charge >= 0.3 is 12.1 Å².